The molecule has 1 aliphatic heterocycles. The van der Waals surface area contributed by atoms with E-state index >= 15 is 0 Å². The molecule has 4 heteroatoms. The summed E-state index contributed by atoms with van der Waals surface area (Å²) < 4.78 is 2.31. The van der Waals surface area contributed by atoms with E-state index in [0.29, 0.717) is 12.1 Å². The first-order valence-corrected chi connectivity index (χ1v) is 8.19. The quantitative estimate of drug-likeness (QED) is 0.476. The van der Waals surface area contributed by atoms with Gasteiger partial charge in [-0.1, -0.05) is 20.3 Å². The molecule has 0 radical (unpaired) electrons. The van der Waals surface area contributed by atoms with E-state index in [9.17, 15) is 0 Å². The summed E-state index contributed by atoms with van der Waals surface area (Å²) in [6, 6.07) is 1.20. The zero-order valence-corrected chi connectivity index (χ0v) is 9.72. The van der Waals surface area contributed by atoms with Crippen LogP contribution in [0.15, 0.2) is 0 Å². The predicted octanol–water partition coefficient (Wildman–Crippen LogP) is 2.44. The fraction of sp³-hybridized carbons (Fsp3) is 1.00. The van der Waals surface area contributed by atoms with Crippen molar-refractivity contribution >= 4 is 29.7 Å². The van der Waals surface area contributed by atoms with Crippen LogP contribution in [0.5, 0.6) is 0 Å². The molecule has 1 nitrogen and oxygen atoms in total. The number of nitrogens with zero attached hydrogens (tertiary/aromatic N) is 1. The van der Waals surface area contributed by atoms with Crippen LogP contribution < -0.4 is 0 Å². The zero-order valence-electron chi connectivity index (χ0n) is 7.06. The molecular weight excluding hydrogens is 197 g/mol. The Morgan fingerprint density at radius 3 is 1.91 bits per heavy atom. The third-order valence-corrected chi connectivity index (χ3v) is 5.31. The Labute approximate surface area is 79.8 Å². The fourth-order valence-electron chi connectivity index (χ4n) is 1.83. The maximum absolute atomic E-state index is 5.98. The molecule has 1 rings (SSSR count). The Morgan fingerprint density at radius 2 is 1.64 bits per heavy atom. The zero-order chi connectivity index (χ0) is 8.43. The highest BCUT2D eigenvalue weighted by Gasteiger charge is 2.29. The van der Waals surface area contributed by atoms with Crippen molar-refractivity contribution in [3.8, 4) is 0 Å². The van der Waals surface area contributed by atoms with E-state index in [4.69, 9.17) is 22.2 Å². The van der Waals surface area contributed by atoms with Gasteiger partial charge in [0.05, 0.1) is 0 Å². The van der Waals surface area contributed by atoms with Crippen molar-refractivity contribution in [3.63, 3.8) is 0 Å². The lowest BCUT2D eigenvalue weighted by Crippen LogP contribution is -2.48. The van der Waals surface area contributed by atoms with Gasteiger partial charge in [-0.05, 0) is 12.8 Å². The summed E-state index contributed by atoms with van der Waals surface area (Å²) in [4.78, 5) is 0. The maximum atomic E-state index is 5.98. The summed E-state index contributed by atoms with van der Waals surface area (Å²) in [6.07, 6.45) is 3.84. The van der Waals surface area contributed by atoms with Gasteiger partial charge in [-0.15, -0.1) is 22.2 Å². The standard InChI is InChI=1S/C7H15Cl2NSi/c1-6-4-3-5-7(2)10(6)11(8)9/h6-7,11H,3-5H2,1-2H3/t6-,7-/m1/s1. The number of piperidine rings is 1. The summed E-state index contributed by atoms with van der Waals surface area (Å²) >= 11 is 12.0. The van der Waals surface area contributed by atoms with Crippen LogP contribution in [0.3, 0.4) is 0 Å². The first kappa shape index (κ1) is 9.84. The summed E-state index contributed by atoms with van der Waals surface area (Å²) in [7, 11) is -1.59. The molecule has 1 heterocycles. The summed E-state index contributed by atoms with van der Waals surface area (Å²) in [6.45, 7) is 4.45. The highest BCUT2D eigenvalue weighted by molar-refractivity contribution is 7.32. The molecule has 0 unspecified atom stereocenters. The fourth-order valence-corrected chi connectivity index (χ4v) is 5.20. The molecule has 1 aliphatic rings. The number of rotatable bonds is 1. The molecule has 0 aromatic heterocycles. The predicted molar refractivity (Wildman–Crippen MR) is 53.5 cm³/mol. The molecule has 0 aromatic rings. The van der Waals surface area contributed by atoms with E-state index in [1.165, 1.54) is 19.3 Å². The van der Waals surface area contributed by atoms with Gasteiger partial charge in [-0.3, -0.25) is 4.57 Å². The minimum Gasteiger partial charge on any atom is -0.297 e. The third kappa shape index (κ3) is 2.34. The second kappa shape index (κ2) is 4.12. The minimum atomic E-state index is -1.59. The van der Waals surface area contributed by atoms with Gasteiger partial charge in [0.1, 0.15) is 0 Å². The lowest BCUT2D eigenvalue weighted by molar-refractivity contribution is 0.207. The molecule has 11 heavy (non-hydrogen) atoms. The van der Waals surface area contributed by atoms with Crippen LogP contribution in [0.2, 0.25) is 0 Å². The number of halogens is 2. The SMILES string of the molecule is C[C@@H]1CCC[C@@H](C)N1[SiH](Cl)Cl. The molecule has 0 bridgehead atoms. The second-order valence-electron chi connectivity index (χ2n) is 3.35. The molecule has 0 aliphatic carbocycles. The maximum Gasteiger partial charge on any atom is 0.309 e. The monoisotopic (exact) mass is 211 g/mol. The third-order valence-electron chi connectivity index (χ3n) is 2.49. The van der Waals surface area contributed by atoms with Gasteiger partial charge < -0.3 is 0 Å². The molecule has 66 valence electrons. The van der Waals surface area contributed by atoms with Crippen LogP contribution >= 0.6 is 22.2 Å². The number of hydrogen-bond donors (Lipinski definition) is 0. The molecule has 0 amide bonds. The molecule has 1 saturated heterocycles. The summed E-state index contributed by atoms with van der Waals surface area (Å²) in [5.74, 6) is 0. The van der Waals surface area contributed by atoms with Crippen LogP contribution in [0.25, 0.3) is 0 Å². The lowest BCUT2D eigenvalue weighted by atomic mass is 10.0. The first-order valence-electron chi connectivity index (χ1n) is 4.18. The van der Waals surface area contributed by atoms with E-state index in [0.717, 1.165) is 0 Å². The topological polar surface area (TPSA) is 3.24 Å². The second-order valence-corrected chi connectivity index (χ2v) is 7.66. The molecular formula is C7H15Cl2NSi. The molecule has 0 spiro atoms. The van der Waals surface area contributed by atoms with Gasteiger partial charge >= 0.3 is 7.58 Å². The molecule has 0 aromatic carbocycles. The van der Waals surface area contributed by atoms with Crippen molar-refractivity contribution in [1.82, 2.24) is 4.57 Å². The molecule has 0 saturated carbocycles. The van der Waals surface area contributed by atoms with Gasteiger partial charge in [0, 0.05) is 12.1 Å². The summed E-state index contributed by atoms with van der Waals surface area (Å²) in [5, 5.41) is 0. The average Bonchev–Trinajstić information content (AvgIpc) is 1.85. The van der Waals surface area contributed by atoms with E-state index in [1.807, 2.05) is 0 Å². The van der Waals surface area contributed by atoms with Crippen molar-refractivity contribution in [2.75, 3.05) is 0 Å². The van der Waals surface area contributed by atoms with E-state index in [2.05, 4.69) is 18.4 Å². The van der Waals surface area contributed by atoms with Gasteiger partial charge in [0.15, 0.2) is 0 Å². The summed E-state index contributed by atoms with van der Waals surface area (Å²) in [5.41, 5.74) is 0. The lowest BCUT2D eigenvalue weighted by Gasteiger charge is -2.39. The molecule has 2 atom stereocenters. The Bertz CT molecular complexity index is 122. The van der Waals surface area contributed by atoms with Crippen molar-refractivity contribution in [2.24, 2.45) is 0 Å². The Morgan fingerprint density at radius 1 is 1.18 bits per heavy atom. The van der Waals surface area contributed by atoms with Crippen LogP contribution in [0.1, 0.15) is 33.1 Å². The van der Waals surface area contributed by atoms with Gasteiger partial charge in [0.2, 0.25) is 0 Å². The molecule has 1 fully saturated rings. The Balaban J connectivity index is 2.55. The van der Waals surface area contributed by atoms with Gasteiger partial charge in [-0.2, -0.15) is 0 Å². The van der Waals surface area contributed by atoms with Gasteiger partial charge in [-0.25, -0.2) is 0 Å². The average molecular weight is 212 g/mol. The van der Waals surface area contributed by atoms with E-state index < -0.39 is 7.58 Å². The minimum absolute atomic E-state index is 0.602. The smallest absolute Gasteiger partial charge is 0.297 e. The van der Waals surface area contributed by atoms with E-state index in [-0.39, 0.29) is 0 Å². The van der Waals surface area contributed by atoms with Crippen molar-refractivity contribution in [2.45, 2.75) is 45.2 Å². The van der Waals surface area contributed by atoms with Crippen molar-refractivity contribution in [1.29, 1.82) is 0 Å². The molecule has 0 N–H and O–H groups in total. The van der Waals surface area contributed by atoms with Crippen molar-refractivity contribution < 1.29 is 0 Å². The van der Waals surface area contributed by atoms with Crippen LogP contribution in [0, 0.1) is 0 Å². The largest absolute Gasteiger partial charge is 0.309 e. The Hall–Kier alpha value is 0.757. The Kier molecular flexibility index (Phi) is 3.69. The highest BCUT2D eigenvalue weighted by Crippen LogP contribution is 2.25. The highest BCUT2D eigenvalue weighted by atomic mass is 35.7. The van der Waals surface area contributed by atoms with Crippen LogP contribution in [-0.2, 0) is 0 Å². The van der Waals surface area contributed by atoms with Crippen molar-refractivity contribution in [3.05, 3.63) is 0 Å². The van der Waals surface area contributed by atoms with Gasteiger partial charge in [0.25, 0.3) is 0 Å². The van der Waals surface area contributed by atoms with E-state index in [1.54, 1.807) is 0 Å². The normalized spacial score (nSPS) is 34.6. The first-order chi connectivity index (χ1) is 5.13. The van der Waals surface area contributed by atoms with Crippen LogP contribution in [0.4, 0.5) is 0 Å². The van der Waals surface area contributed by atoms with Crippen LogP contribution in [-0.4, -0.2) is 24.2 Å². The number of hydrogen-bond acceptors (Lipinski definition) is 1.